The molecule has 0 unspecified atom stereocenters. The molecule has 0 aromatic rings. The Bertz CT molecular complexity index is 252. The van der Waals surface area contributed by atoms with Gasteiger partial charge >= 0.3 is 0 Å². The molecule has 0 fully saturated rings. The summed E-state index contributed by atoms with van der Waals surface area (Å²) in [4.78, 5) is 0. The van der Waals surface area contributed by atoms with Crippen molar-refractivity contribution in [3.05, 3.63) is 0 Å². The van der Waals surface area contributed by atoms with Crippen LogP contribution in [-0.2, 0) is 0 Å². The third-order valence-electron chi connectivity index (χ3n) is 5.42. The SMILES string of the molecule is CC.CCCCC.CCCCCC.CCCCNCCCCNCCCNCCCCNCCC.CN. The molecule has 5 heteroatoms. The summed E-state index contributed by atoms with van der Waals surface area (Å²) in [5.74, 6) is 0. The van der Waals surface area contributed by atoms with Crippen LogP contribution in [0.1, 0.15) is 152 Å². The molecule has 0 aliphatic rings. The van der Waals surface area contributed by atoms with Crippen molar-refractivity contribution < 1.29 is 0 Å². The molecule has 0 spiro atoms. The Morgan fingerprint density at radius 2 is 0.568 bits per heavy atom. The van der Waals surface area contributed by atoms with Gasteiger partial charge in [-0.05, 0) is 104 Å². The molecule has 5 nitrogen and oxygen atoms in total. The highest BCUT2D eigenvalue weighted by Crippen LogP contribution is 1.95. The van der Waals surface area contributed by atoms with Crippen molar-refractivity contribution in [2.24, 2.45) is 5.73 Å². The van der Waals surface area contributed by atoms with Gasteiger partial charge in [0.05, 0.1) is 0 Å². The van der Waals surface area contributed by atoms with E-state index in [2.05, 4.69) is 68.5 Å². The van der Waals surface area contributed by atoms with Crippen LogP contribution in [-0.4, -0.2) is 59.4 Å². The molecule has 0 amide bonds. The van der Waals surface area contributed by atoms with Crippen molar-refractivity contribution in [2.45, 2.75) is 152 Å². The van der Waals surface area contributed by atoms with E-state index in [0.717, 1.165) is 26.2 Å². The van der Waals surface area contributed by atoms with E-state index in [-0.39, 0.29) is 0 Å². The molecule has 0 bridgehead atoms. The topological polar surface area (TPSA) is 74.1 Å². The predicted molar refractivity (Wildman–Crippen MR) is 176 cm³/mol. The van der Waals surface area contributed by atoms with E-state index in [1.807, 2.05) is 13.8 Å². The van der Waals surface area contributed by atoms with E-state index in [4.69, 9.17) is 0 Å². The van der Waals surface area contributed by atoms with E-state index in [1.165, 1.54) is 130 Å². The van der Waals surface area contributed by atoms with Gasteiger partial charge in [-0.25, -0.2) is 0 Å². The lowest BCUT2D eigenvalue weighted by atomic mass is 10.2. The quantitative estimate of drug-likeness (QED) is 0.0816. The molecule has 0 rings (SSSR count). The van der Waals surface area contributed by atoms with Gasteiger partial charge in [0.15, 0.2) is 0 Å². The van der Waals surface area contributed by atoms with Crippen LogP contribution in [0.2, 0.25) is 0 Å². The van der Waals surface area contributed by atoms with Crippen molar-refractivity contribution in [1.29, 1.82) is 0 Å². The van der Waals surface area contributed by atoms with Crippen LogP contribution in [0.4, 0.5) is 0 Å². The summed E-state index contributed by atoms with van der Waals surface area (Å²) in [5.41, 5.74) is 4.50. The van der Waals surface area contributed by atoms with Crippen molar-refractivity contribution >= 4 is 0 Å². The second-order valence-electron chi connectivity index (χ2n) is 9.18. The Hall–Kier alpha value is -0.200. The van der Waals surface area contributed by atoms with Crippen molar-refractivity contribution in [3.63, 3.8) is 0 Å². The standard InChI is InChI=1S/C18H42N4.C6H14.C5H12.C2H6.CH5N/c1-3-5-12-20-14-8-9-16-22-18-10-17-21-15-7-6-13-19-11-4-2;1-3-5-6-4-2;1-3-5-4-2;2*1-2/h19-22H,3-18H2,1-2H3;3-6H2,1-2H3;3-5H2,1-2H3;1-2H3;2H2,1H3. The molecule has 0 aromatic heterocycles. The van der Waals surface area contributed by atoms with Crippen LogP contribution in [0, 0.1) is 0 Å². The maximum absolute atomic E-state index is 4.50. The van der Waals surface area contributed by atoms with E-state index in [9.17, 15) is 0 Å². The highest BCUT2D eigenvalue weighted by atomic mass is 14.9. The summed E-state index contributed by atoms with van der Waals surface area (Å²) >= 11 is 0. The van der Waals surface area contributed by atoms with Gasteiger partial charge in [0.25, 0.3) is 0 Å². The van der Waals surface area contributed by atoms with E-state index < -0.39 is 0 Å². The summed E-state index contributed by atoms with van der Waals surface area (Å²) in [5, 5.41) is 14.0. The van der Waals surface area contributed by atoms with Gasteiger partial charge in [-0.2, -0.15) is 0 Å². The van der Waals surface area contributed by atoms with E-state index in [1.54, 1.807) is 0 Å². The molecule has 37 heavy (non-hydrogen) atoms. The minimum Gasteiger partial charge on any atom is -0.333 e. The Morgan fingerprint density at radius 3 is 0.838 bits per heavy atom. The Labute approximate surface area is 238 Å². The van der Waals surface area contributed by atoms with E-state index >= 15 is 0 Å². The Kier molecular flexibility index (Phi) is 76.1. The molecule has 0 saturated heterocycles. The minimum atomic E-state index is 1.15. The highest BCUT2D eigenvalue weighted by Gasteiger charge is 1.92. The molecule has 6 N–H and O–H groups in total. The van der Waals surface area contributed by atoms with Crippen LogP contribution in [0.5, 0.6) is 0 Å². The number of nitrogens with two attached hydrogens (primary N) is 1. The smallest absolute Gasteiger partial charge is 0.00368 e. The summed E-state index contributed by atoms with van der Waals surface area (Å²) in [6, 6.07) is 0. The van der Waals surface area contributed by atoms with Gasteiger partial charge < -0.3 is 27.0 Å². The van der Waals surface area contributed by atoms with E-state index in [0.29, 0.717) is 0 Å². The van der Waals surface area contributed by atoms with Crippen molar-refractivity contribution in [1.82, 2.24) is 21.3 Å². The van der Waals surface area contributed by atoms with Gasteiger partial charge in [0.1, 0.15) is 0 Å². The zero-order chi connectivity index (χ0) is 29.1. The monoisotopic (exact) mass is 534 g/mol. The number of hydrogen-bond acceptors (Lipinski definition) is 5. The lowest BCUT2D eigenvalue weighted by molar-refractivity contribution is 0.542. The van der Waals surface area contributed by atoms with Crippen molar-refractivity contribution in [2.75, 3.05) is 59.4 Å². The maximum Gasteiger partial charge on any atom is -0.00368 e. The van der Waals surface area contributed by atoms with Gasteiger partial charge in [-0.3, -0.25) is 0 Å². The fourth-order valence-electron chi connectivity index (χ4n) is 3.17. The van der Waals surface area contributed by atoms with Crippen LogP contribution < -0.4 is 27.0 Å². The lowest BCUT2D eigenvalue weighted by Gasteiger charge is -2.07. The maximum atomic E-state index is 4.50. The zero-order valence-electron chi connectivity index (χ0n) is 27.8. The average Bonchev–Trinajstić information content (AvgIpc) is 2.94. The molecule has 232 valence electrons. The molecule has 0 saturated carbocycles. The van der Waals surface area contributed by atoms with Crippen LogP contribution in [0.3, 0.4) is 0 Å². The van der Waals surface area contributed by atoms with Gasteiger partial charge in [0.2, 0.25) is 0 Å². The van der Waals surface area contributed by atoms with Crippen LogP contribution in [0.25, 0.3) is 0 Å². The molecule has 0 radical (unpaired) electrons. The lowest BCUT2D eigenvalue weighted by Crippen LogP contribution is -2.24. The third-order valence-corrected chi connectivity index (χ3v) is 5.42. The molecule has 0 aliphatic carbocycles. The largest absolute Gasteiger partial charge is 0.333 e. The molecular formula is C32H79N5. The molecular weight excluding hydrogens is 454 g/mol. The molecule has 0 atom stereocenters. The number of unbranched alkanes of at least 4 members (excludes halogenated alkanes) is 8. The summed E-state index contributed by atoms with van der Waals surface area (Å²) in [6.45, 7) is 26.7. The summed E-state index contributed by atoms with van der Waals surface area (Å²) in [6.07, 6.45) is 19.8. The van der Waals surface area contributed by atoms with Gasteiger partial charge in [0, 0.05) is 0 Å². The van der Waals surface area contributed by atoms with Crippen molar-refractivity contribution in [3.8, 4) is 0 Å². The second-order valence-corrected chi connectivity index (χ2v) is 9.18. The van der Waals surface area contributed by atoms with Gasteiger partial charge in [-0.1, -0.05) is 107 Å². The Morgan fingerprint density at radius 1 is 0.297 bits per heavy atom. The molecule has 0 heterocycles. The van der Waals surface area contributed by atoms with Crippen LogP contribution in [0.15, 0.2) is 0 Å². The predicted octanol–water partition coefficient (Wildman–Crippen LogP) is 7.89. The fourth-order valence-corrected chi connectivity index (χ4v) is 3.17. The minimum absolute atomic E-state index is 1.15. The average molecular weight is 534 g/mol. The van der Waals surface area contributed by atoms with Gasteiger partial charge in [-0.15, -0.1) is 0 Å². The normalized spacial score (nSPS) is 9.57. The Balaban J connectivity index is -0.000000186. The number of nitrogens with one attached hydrogen (secondary N) is 4. The first kappa shape index (κ1) is 46.6. The summed E-state index contributed by atoms with van der Waals surface area (Å²) < 4.78 is 0. The molecule has 0 aromatic carbocycles. The summed E-state index contributed by atoms with van der Waals surface area (Å²) in [7, 11) is 1.50. The number of hydrogen-bond donors (Lipinski definition) is 5. The molecule has 0 aliphatic heterocycles. The first-order chi connectivity index (χ1) is 18.2. The van der Waals surface area contributed by atoms with Crippen LogP contribution >= 0.6 is 0 Å². The fraction of sp³-hybridized carbons (Fsp3) is 1.00. The second kappa shape index (κ2) is 60.4. The third kappa shape index (κ3) is 72.2. The first-order valence-corrected chi connectivity index (χ1v) is 16.6. The first-order valence-electron chi connectivity index (χ1n) is 16.6. The number of rotatable bonds is 24. The zero-order valence-corrected chi connectivity index (χ0v) is 27.8. The highest BCUT2D eigenvalue weighted by molar-refractivity contribution is 4.55.